The van der Waals surface area contributed by atoms with Gasteiger partial charge in [-0.15, -0.1) is 0 Å². The van der Waals surface area contributed by atoms with Crippen molar-refractivity contribution in [2.75, 3.05) is 0 Å². The van der Waals surface area contributed by atoms with Crippen LogP contribution in [0.2, 0.25) is 0 Å². The summed E-state index contributed by atoms with van der Waals surface area (Å²) in [7, 11) is 0. The molecular formula is C37H27N5. The minimum Gasteiger partial charge on any atom is -0.309 e. The molecule has 5 heterocycles. The smallest absolute Gasteiger partial charge is 0.0915 e. The van der Waals surface area contributed by atoms with Gasteiger partial charge < -0.3 is 4.57 Å². The molecule has 0 aliphatic carbocycles. The van der Waals surface area contributed by atoms with Gasteiger partial charge in [-0.25, -0.2) is 4.98 Å². The zero-order valence-corrected chi connectivity index (χ0v) is 23.4. The van der Waals surface area contributed by atoms with Crippen LogP contribution in [-0.2, 0) is 5.41 Å². The summed E-state index contributed by atoms with van der Waals surface area (Å²) in [6.45, 7) is 4.58. The van der Waals surface area contributed by atoms with Gasteiger partial charge in [-0.1, -0.05) is 66.7 Å². The maximum absolute atomic E-state index is 5.23. The van der Waals surface area contributed by atoms with E-state index in [1.54, 1.807) is 0 Å². The van der Waals surface area contributed by atoms with Crippen LogP contribution in [0.15, 0.2) is 133 Å². The summed E-state index contributed by atoms with van der Waals surface area (Å²) in [6.07, 6.45) is 3.62. The molecule has 0 amide bonds. The molecule has 7 aromatic rings. The fraction of sp³-hybridized carbons (Fsp3) is 0.0811. The standard InChI is InChI=1S/C37H27N5/c1-37(2)34-30(41-36(37)24-12-4-3-5-13-24)19-18-27-26-14-6-7-17-33(26)42(35(27)34)25-22-31(28-15-8-10-20-38-28)40-32(23-25)29-16-9-11-21-39-29/h3-23H,1-2H3. The van der Waals surface area contributed by atoms with Crippen LogP contribution < -0.4 is 0 Å². The van der Waals surface area contributed by atoms with E-state index < -0.39 is 0 Å². The van der Waals surface area contributed by atoms with Gasteiger partial charge in [0.2, 0.25) is 0 Å². The van der Waals surface area contributed by atoms with E-state index in [0.29, 0.717) is 0 Å². The topological polar surface area (TPSA) is 56.0 Å². The molecule has 0 saturated heterocycles. The number of hydrogen-bond acceptors (Lipinski definition) is 4. The lowest BCUT2D eigenvalue weighted by Crippen LogP contribution is -2.27. The van der Waals surface area contributed by atoms with Gasteiger partial charge >= 0.3 is 0 Å². The lowest BCUT2D eigenvalue weighted by atomic mass is 9.78. The Hall–Kier alpha value is -5.42. The lowest BCUT2D eigenvalue weighted by molar-refractivity contribution is 0.741. The van der Waals surface area contributed by atoms with Crippen LogP contribution in [-0.4, -0.2) is 25.2 Å². The summed E-state index contributed by atoms with van der Waals surface area (Å²) in [6, 6.07) is 39.7. The van der Waals surface area contributed by atoms with Crippen molar-refractivity contribution in [1.29, 1.82) is 0 Å². The van der Waals surface area contributed by atoms with Crippen LogP contribution in [0.3, 0.4) is 0 Å². The van der Waals surface area contributed by atoms with Crippen LogP contribution in [0.4, 0.5) is 5.69 Å². The number of aromatic nitrogens is 4. The predicted octanol–water partition coefficient (Wildman–Crippen LogP) is 8.71. The van der Waals surface area contributed by atoms with E-state index in [-0.39, 0.29) is 5.41 Å². The molecule has 5 heteroatoms. The molecular weight excluding hydrogens is 514 g/mol. The molecule has 1 aliphatic heterocycles. The van der Waals surface area contributed by atoms with Gasteiger partial charge in [-0.3, -0.25) is 15.0 Å². The highest BCUT2D eigenvalue weighted by Gasteiger charge is 2.39. The van der Waals surface area contributed by atoms with Crippen LogP contribution in [0.25, 0.3) is 50.3 Å². The van der Waals surface area contributed by atoms with Crippen molar-refractivity contribution < 1.29 is 0 Å². The molecule has 0 N–H and O–H groups in total. The van der Waals surface area contributed by atoms with E-state index in [2.05, 4.69) is 107 Å². The van der Waals surface area contributed by atoms with Crippen molar-refractivity contribution in [3.8, 4) is 28.5 Å². The van der Waals surface area contributed by atoms with Crippen molar-refractivity contribution in [3.05, 3.63) is 139 Å². The summed E-state index contributed by atoms with van der Waals surface area (Å²) in [4.78, 5) is 19.6. The fourth-order valence-electron chi connectivity index (χ4n) is 6.36. The number of nitrogens with zero attached hydrogens (tertiary/aromatic N) is 5. The highest BCUT2D eigenvalue weighted by atomic mass is 15.0. The SMILES string of the molecule is CC1(C)C(c2ccccc2)=Nc2ccc3c4ccccc4n(-c4cc(-c5ccccn5)nc(-c5ccccn5)c4)c3c21. The highest BCUT2D eigenvalue weighted by molar-refractivity contribution is 6.19. The van der Waals surface area contributed by atoms with Gasteiger partial charge in [-0.05, 0) is 67.9 Å². The Labute approximate surface area is 243 Å². The van der Waals surface area contributed by atoms with Crippen molar-refractivity contribution in [2.45, 2.75) is 19.3 Å². The van der Waals surface area contributed by atoms with E-state index in [1.165, 1.54) is 21.9 Å². The summed E-state index contributed by atoms with van der Waals surface area (Å²) in [5.74, 6) is 0. The molecule has 0 spiro atoms. The first-order valence-electron chi connectivity index (χ1n) is 14.2. The average molecular weight is 542 g/mol. The maximum Gasteiger partial charge on any atom is 0.0915 e. The molecule has 0 fully saturated rings. The van der Waals surface area contributed by atoms with Crippen molar-refractivity contribution in [3.63, 3.8) is 0 Å². The molecule has 5 nitrogen and oxygen atoms in total. The minimum absolute atomic E-state index is 0.316. The van der Waals surface area contributed by atoms with Crippen molar-refractivity contribution in [1.82, 2.24) is 19.5 Å². The number of benzene rings is 3. The first-order chi connectivity index (χ1) is 20.6. The van der Waals surface area contributed by atoms with Gasteiger partial charge in [0.05, 0.1) is 50.9 Å². The van der Waals surface area contributed by atoms with Gasteiger partial charge in [0.15, 0.2) is 0 Å². The first kappa shape index (κ1) is 24.4. The molecule has 1 aliphatic rings. The number of fused-ring (bicyclic) bond motifs is 5. The molecule has 8 rings (SSSR count). The summed E-state index contributed by atoms with van der Waals surface area (Å²) < 4.78 is 2.38. The monoisotopic (exact) mass is 541 g/mol. The van der Waals surface area contributed by atoms with Crippen LogP contribution >= 0.6 is 0 Å². The van der Waals surface area contributed by atoms with Gasteiger partial charge in [-0.2, -0.15) is 0 Å². The molecule has 0 bridgehead atoms. The van der Waals surface area contributed by atoms with Gasteiger partial charge in [0, 0.05) is 34.1 Å². The summed E-state index contributed by atoms with van der Waals surface area (Å²) in [5.41, 5.74) is 10.7. The molecule has 0 atom stereocenters. The van der Waals surface area contributed by atoms with Crippen molar-refractivity contribution >= 4 is 33.2 Å². The Morgan fingerprint density at radius 3 is 1.90 bits per heavy atom. The second-order valence-electron chi connectivity index (χ2n) is 11.2. The molecule has 0 unspecified atom stereocenters. The lowest BCUT2D eigenvalue weighted by Gasteiger charge is -2.24. The normalized spacial score (nSPS) is 13.8. The Morgan fingerprint density at radius 2 is 1.24 bits per heavy atom. The number of rotatable bonds is 4. The van der Waals surface area contributed by atoms with Crippen molar-refractivity contribution in [2.24, 2.45) is 4.99 Å². The average Bonchev–Trinajstić information content (AvgIpc) is 3.53. The van der Waals surface area contributed by atoms with Crippen LogP contribution in [0.5, 0.6) is 0 Å². The molecule has 42 heavy (non-hydrogen) atoms. The van der Waals surface area contributed by atoms with Crippen LogP contribution in [0.1, 0.15) is 25.0 Å². The Balaban J connectivity index is 1.46. The van der Waals surface area contributed by atoms with Gasteiger partial charge in [0.1, 0.15) is 0 Å². The quantitative estimate of drug-likeness (QED) is 0.224. The Kier molecular flexibility index (Phi) is 5.41. The number of pyridine rings is 3. The van der Waals surface area contributed by atoms with E-state index >= 15 is 0 Å². The molecule has 3 aromatic carbocycles. The predicted molar refractivity (Wildman–Crippen MR) is 171 cm³/mol. The molecule has 0 radical (unpaired) electrons. The minimum atomic E-state index is -0.316. The first-order valence-corrected chi connectivity index (χ1v) is 14.2. The third kappa shape index (κ3) is 3.71. The number of para-hydroxylation sites is 1. The third-order valence-corrected chi connectivity index (χ3v) is 8.23. The zero-order chi connectivity index (χ0) is 28.3. The maximum atomic E-state index is 5.23. The third-order valence-electron chi connectivity index (χ3n) is 8.23. The second-order valence-corrected chi connectivity index (χ2v) is 11.2. The Morgan fingerprint density at radius 1 is 0.595 bits per heavy atom. The summed E-state index contributed by atoms with van der Waals surface area (Å²) >= 11 is 0. The second kappa shape index (κ2) is 9.32. The van der Waals surface area contributed by atoms with E-state index in [4.69, 9.17) is 9.98 Å². The van der Waals surface area contributed by atoms with E-state index in [9.17, 15) is 0 Å². The zero-order valence-electron chi connectivity index (χ0n) is 23.4. The number of hydrogen-bond donors (Lipinski definition) is 0. The molecule has 0 saturated carbocycles. The Bertz CT molecular complexity index is 2090. The highest BCUT2D eigenvalue weighted by Crippen LogP contribution is 2.48. The van der Waals surface area contributed by atoms with Crippen LogP contribution in [0, 0.1) is 0 Å². The fourth-order valence-corrected chi connectivity index (χ4v) is 6.36. The van der Waals surface area contributed by atoms with Gasteiger partial charge in [0.25, 0.3) is 0 Å². The molecule has 4 aromatic heterocycles. The molecule has 200 valence electrons. The number of aliphatic imine (C=N–C) groups is 1. The summed E-state index contributed by atoms with van der Waals surface area (Å²) in [5, 5.41) is 2.41. The largest absolute Gasteiger partial charge is 0.309 e. The van der Waals surface area contributed by atoms with E-state index in [1.807, 2.05) is 48.8 Å². The van der Waals surface area contributed by atoms with E-state index in [0.717, 1.165) is 50.9 Å².